The van der Waals surface area contributed by atoms with Crippen molar-refractivity contribution >= 4 is 17.5 Å². The van der Waals surface area contributed by atoms with Crippen molar-refractivity contribution in [1.29, 1.82) is 0 Å². The van der Waals surface area contributed by atoms with Crippen LogP contribution < -0.4 is 0 Å². The summed E-state index contributed by atoms with van der Waals surface area (Å²) in [7, 11) is 0. The third kappa shape index (κ3) is 988000. The topological polar surface area (TPSA) is 17.1 Å². The lowest BCUT2D eigenvalue weighted by molar-refractivity contribution is -0.114. The van der Waals surface area contributed by atoms with E-state index < -0.39 is 0 Å². The van der Waals surface area contributed by atoms with E-state index in [0.29, 0.717) is 0 Å². The summed E-state index contributed by atoms with van der Waals surface area (Å²) in [4.78, 5) is 9.44. The molecule has 0 heterocycles. The van der Waals surface area contributed by atoms with Crippen molar-refractivity contribution < 1.29 is 4.79 Å². The van der Waals surface area contributed by atoms with E-state index in [0.717, 1.165) is 0 Å². The van der Waals surface area contributed by atoms with E-state index >= 15 is 0 Å². The molecule has 2 heteroatoms. The third-order valence-electron chi connectivity index (χ3n) is 0. The second-order valence-corrected chi connectivity index (χ2v) is 2.84. The molecule has 0 aromatic heterocycles. The van der Waals surface area contributed by atoms with Crippen LogP contribution in [0.15, 0.2) is 0 Å². The molecule has 1 nitrogen and oxygen atoms in total. The first-order valence-corrected chi connectivity index (χ1v) is 5.07. The fourth-order valence-electron chi connectivity index (χ4n) is 0. The molecule has 0 aromatic rings. The smallest absolute Gasteiger partial charge is 0.126 e. The van der Waals surface area contributed by atoms with Gasteiger partial charge in [-0.25, -0.2) is 0 Å². The Bertz CT molecular complexity index is 47.2. The summed E-state index contributed by atoms with van der Waals surface area (Å²) >= 11 is 1.75. The van der Waals surface area contributed by atoms with Gasteiger partial charge in [-0.1, -0.05) is 20.3 Å². The van der Waals surface area contributed by atoms with E-state index in [1.807, 2.05) is 12.5 Å². The van der Waals surface area contributed by atoms with Gasteiger partial charge in [0, 0.05) is 0 Å². The van der Waals surface area contributed by atoms with Crippen molar-refractivity contribution in [2.75, 3.05) is 12.5 Å². The standard InChI is InChI=1S/C3H6O.C3H8.C2H6S/c1-3(2)4;2*1-3-2/h1-2H3;3H2,1-2H3;1-2H3. The van der Waals surface area contributed by atoms with Crippen LogP contribution >= 0.6 is 11.8 Å². The zero-order valence-corrected chi connectivity index (χ0v) is 8.84. The largest absolute Gasteiger partial charge is 0.300 e. The van der Waals surface area contributed by atoms with Crippen LogP contribution in [0.5, 0.6) is 0 Å². The van der Waals surface area contributed by atoms with E-state index in [1.54, 1.807) is 11.8 Å². The Morgan fingerprint density at radius 3 is 1.20 bits per heavy atom. The van der Waals surface area contributed by atoms with Gasteiger partial charge in [-0.15, -0.1) is 0 Å². The first kappa shape index (κ1) is 16.5. The Labute approximate surface area is 69.6 Å². The quantitative estimate of drug-likeness (QED) is 0.547. The number of Topliss-reactive ketones (excluding diaryl/α,β-unsaturated/α-hetero) is 1. The monoisotopic (exact) mass is 164 g/mol. The molecule has 0 bridgehead atoms. The van der Waals surface area contributed by atoms with Gasteiger partial charge < -0.3 is 4.79 Å². The van der Waals surface area contributed by atoms with E-state index in [-0.39, 0.29) is 5.78 Å². The highest BCUT2D eigenvalue weighted by molar-refractivity contribution is 7.97. The minimum absolute atomic E-state index is 0.167. The summed E-state index contributed by atoms with van der Waals surface area (Å²) in [5.41, 5.74) is 0. The molecule has 0 radical (unpaired) electrons. The van der Waals surface area contributed by atoms with Gasteiger partial charge in [0.15, 0.2) is 0 Å². The molecule has 0 N–H and O–H groups in total. The zero-order valence-electron chi connectivity index (χ0n) is 8.02. The molecule has 0 atom stereocenters. The molecular weight excluding hydrogens is 144 g/mol. The Kier molecular flexibility index (Phi) is 38.1. The van der Waals surface area contributed by atoms with E-state index in [1.165, 1.54) is 20.3 Å². The third-order valence-corrected chi connectivity index (χ3v) is 0. The number of carbonyl (C=O) groups excluding carboxylic acids is 1. The molecule has 0 unspecified atom stereocenters. The number of hydrogen-bond donors (Lipinski definition) is 0. The lowest BCUT2D eigenvalue weighted by Gasteiger charge is -1.56. The molecule has 0 aliphatic carbocycles. The maximum atomic E-state index is 9.44. The molecule has 64 valence electrons. The molecule has 0 fully saturated rings. The lowest BCUT2D eigenvalue weighted by Crippen LogP contribution is -1.69. The molecule has 0 aliphatic rings. The van der Waals surface area contributed by atoms with Crippen LogP contribution in [0.25, 0.3) is 0 Å². The van der Waals surface area contributed by atoms with Crippen LogP contribution in [0.3, 0.4) is 0 Å². The molecule has 0 saturated heterocycles. The van der Waals surface area contributed by atoms with Gasteiger partial charge in [-0.3, -0.25) is 0 Å². The number of carbonyl (C=O) groups is 1. The SMILES string of the molecule is CC(C)=O.CCC.CSC. The maximum Gasteiger partial charge on any atom is 0.126 e. The van der Waals surface area contributed by atoms with Gasteiger partial charge in [0.05, 0.1) is 0 Å². The number of thioether (sulfide) groups is 1. The predicted molar refractivity (Wildman–Crippen MR) is 51.8 cm³/mol. The average molecular weight is 164 g/mol. The fourth-order valence-corrected chi connectivity index (χ4v) is 0. The molecule has 0 rings (SSSR count). The van der Waals surface area contributed by atoms with E-state index in [9.17, 15) is 4.79 Å². The normalized spacial score (nSPS) is 6.20. The first-order chi connectivity index (χ1) is 4.56. The van der Waals surface area contributed by atoms with Crippen molar-refractivity contribution in [1.82, 2.24) is 0 Å². The Morgan fingerprint density at radius 2 is 1.20 bits per heavy atom. The van der Waals surface area contributed by atoms with E-state index in [2.05, 4.69) is 13.8 Å². The molecule has 0 saturated carbocycles. The lowest BCUT2D eigenvalue weighted by atomic mass is 10.6. The van der Waals surface area contributed by atoms with Crippen LogP contribution in [0.1, 0.15) is 34.1 Å². The van der Waals surface area contributed by atoms with Crippen molar-refractivity contribution in [3.8, 4) is 0 Å². The number of rotatable bonds is 0. The molecule has 10 heavy (non-hydrogen) atoms. The summed E-state index contributed by atoms with van der Waals surface area (Å²) in [6.07, 6.45) is 5.33. The minimum Gasteiger partial charge on any atom is -0.300 e. The highest BCUT2D eigenvalue weighted by atomic mass is 32.2. The summed E-state index contributed by atoms with van der Waals surface area (Å²) in [6, 6.07) is 0. The Hall–Kier alpha value is 0.0200. The zero-order chi connectivity index (χ0) is 8.99. The van der Waals surface area contributed by atoms with Crippen LogP contribution in [-0.2, 0) is 4.79 Å². The van der Waals surface area contributed by atoms with Crippen LogP contribution in [0.2, 0.25) is 0 Å². The van der Waals surface area contributed by atoms with Crippen LogP contribution in [0, 0.1) is 0 Å². The number of ketones is 1. The molecule has 0 spiro atoms. The Balaban J connectivity index is -0.0000000750. The summed E-state index contributed by atoms with van der Waals surface area (Å²) < 4.78 is 0. The highest BCUT2D eigenvalue weighted by Crippen LogP contribution is 1.70. The first-order valence-electron chi connectivity index (χ1n) is 3.43. The fraction of sp³-hybridized carbons (Fsp3) is 0.875. The van der Waals surface area contributed by atoms with Crippen LogP contribution in [0.4, 0.5) is 0 Å². The highest BCUT2D eigenvalue weighted by Gasteiger charge is 1.62. The van der Waals surface area contributed by atoms with Crippen molar-refractivity contribution in [3.63, 3.8) is 0 Å². The molecule has 0 aromatic carbocycles. The second kappa shape index (κ2) is 23.0. The van der Waals surface area contributed by atoms with Gasteiger partial charge in [-0.2, -0.15) is 11.8 Å². The van der Waals surface area contributed by atoms with Crippen LogP contribution in [-0.4, -0.2) is 18.3 Å². The van der Waals surface area contributed by atoms with Gasteiger partial charge in [0.1, 0.15) is 5.78 Å². The Morgan fingerprint density at radius 1 is 1.20 bits per heavy atom. The number of hydrogen-bond acceptors (Lipinski definition) is 2. The van der Waals surface area contributed by atoms with Gasteiger partial charge in [0.2, 0.25) is 0 Å². The van der Waals surface area contributed by atoms with Crippen molar-refractivity contribution in [2.45, 2.75) is 34.1 Å². The average Bonchev–Trinajstić information content (AvgIpc) is 1.65. The van der Waals surface area contributed by atoms with Crippen molar-refractivity contribution in [3.05, 3.63) is 0 Å². The van der Waals surface area contributed by atoms with Gasteiger partial charge in [0.25, 0.3) is 0 Å². The van der Waals surface area contributed by atoms with Crippen molar-refractivity contribution in [2.24, 2.45) is 0 Å². The molecule has 0 amide bonds. The maximum absolute atomic E-state index is 9.44. The van der Waals surface area contributed by atoms with E-state index in [4.69, 9.17) is 0 Å². The predicted octanol–water partition coefficient (Wildman–Crippen LogP) is 2.99. The summed E-state index contributed by atoms with van der Waals surface area (Å²) in [5, 5.41) is 0. The van der Waals surface area contributed by atoms with Gasteiger partial charge in [-0.05, 0) is 26.4 Å². The summed E-state index contributed by atoms with van der Waals surface area (Å²) in [6.45, 7) is 7.31. The minimum atomic E-state index is 0.167. The second-order valence-electron chi connectivity index (χ2n) is 2.02. The molecular formula is C8H20OS. The summed E-state index contributed by atoms with van der Waals surface area (Å²) in [5.74, 6) is 0.167. The van der Waals surface area contributed by atoms with Gasteiger partial charge >= 0.3 is 0 Å². The molecule has 0 aliphatic heterocycles.